The van der Waals surface area contributed by atoms with Gasteiger partial charge in [0.1, 0.15) is 0 Å². The van der Waals surface area contributed by atoms with Crippen LogP contribution in [-0.4, -0.2) is 29.0 Å². The van der Waals surface area contributed by atoms with Gasteiger partial charge in [0.2, 0.25) is 0 Å². The summed E-state index contributed by atoms with van der Waals surface area (Å²) >= 11 is 0. The molecular formula is C15H23N3. The number of aromatic nitrogens is 1. The molecule has 0 spiro atoms. The summed E-state index contributed by atoms with van der Waals surface area (Å²) in [7, 11) is 0. The Morgan fingerprint density at radius 1 is 1.33 bits per heavy atom. The monoisotopic (exact) mass is 245 g/mol. The Balaban J connectivity index is 1.65. The van der Waals surface area contributed by atoms with Crippen molar-refractivity contribution in [1.82, 2.24) is 9.88 Å². The van der Waals surface area contributed by atoms with Crippen LogP contribution in [0.1, 0.15) is 30.4 Å². The highest BCUT2D eigenvalue weighted by molar-refractivity contribution is 5.16. The number of likely N-dealkylation sites (tertiary alicyclic amines) is 1. The maximum atomic E-state index is 6.26. The van der Waals surface area contributed by atoms with Gasteiger partial charge < -0.3 is 5.73 Å². The molecule has 1 aromatic heterocycles. The summed E-state index contributed by atoms with van der Waals surface area (Å²) < 4.78 is 0. The number of fused-ring (bicyclic) bond motifs is 1. The van der Waals surface area contributed by atoms with E-state index < -0.39 is 0 Å². The van der Waals surface area contributed by atoms with Gasteiger partial charge in [-0.05, 0) is 42.7 Å². The van der Waals surface area contributed by atoms with E-state index in [0.29, 0.717) is 6.04 Å². The number of hydrogen-bond donors (Lipinski definition) is 1. The quantitative estimate of drug-likeness (QED) is 0.866. The lowest BCUT2D eigenvalue weighted by Gasteiger charge is -2.29. The first-order valence-electron chi connectivity index (χ1n) is 7.11. The average Bonchev–Trinajstić information content (AvgIpc) is 2.73. The van der Waals surface area contributed by atoms with Crippen LogP contribution in [0, 0.1) is 18.8 Å². The zero-order valence-electron chi connectivity index (χ0n) is 11.2. The first-order chi connectivity index (χ1) is 8.72. The van der Waals surface area contributed by atoms with E-state index in [9.17, 15) is 0 Å². The summed E-state index contributed by atoms with van der Waals surface area (Å²) in [6.45, 7) is 5.55. The minimum absolute atomic E-state index is 0.435. The van der Waals surface area contributed by atoms with Crippen LogP contribution in [0.3, 0.4) is 0 Å². The number of pyridine rings is 1. The molecular weight excluding hydrogens is 222 g/mol. The first-order valence-corrected chi connectivity index (χ1v) is 7.11. The largest absolute Gasteiger partial charge is 0.327 e. The van der Waals surface area contributed by atoms with Crippen LogP contribution in [0.4, 0.5) is 0 Å². The Hall–Kier alpha value is -0.930. The van der Waals surface area contributed by atoms with Crippen molar-refractivity contribution in [1.29, 1.82) is 0 Å². The van der Waals surface area contributed by atoms with Gasteiger partial charge in [-0.25, -0.2) is 0 Å². The van der Waals surface area contributed by atoms with Gasteiger partial charge in [-0.15, -0.1) is 0 Å². The lowest BCUT2D eigenvalue weighted by molar-refractivity contribution is 0.259. The zero-order valence-corrected chi connectivity index (χ0v) is 11.2. The van der Waals surface area contributed by atoms with Crippen molar-refractivity contribution in [3.63, 3.8) is 0 Å². The molecule has 3 heteroatoms. The normalized spacial score (nSPS) is 32.4. The number of nitrogens with two attached hydrogens (primary N) is 1. The van der Waals surface area contributed by atoms with E-state index >= 15 is 0 Å². The van der Waals surface area contributed by atoms with Crippen LogP contribution < -0.4 is 5.73 Å². The minimum Gasteiger partial charge on any atom is -0.327 e. The number of hydrogen-bond acceptors (Lipinski definition) is 3. The third-order valence-electron chi connectivity index (χ3n) is 4.57. The summed E-state index contributed by atoms with van der Waals surface area (Å²) in [6, 6.07) is 2.68. The second kappa shape index (κ2) is 4.98. The van der Waals surface area contributed by atoms with Crippen LogP contribution in [0.5, 0.6) is 0 Å². The second-order valence-corrected chi connectivity index (χ2v) is 6.08. The first kappa shape index (κ1) is 12.1. The van der Waals surface area contributed by atoms with E-state index in [4.69, 9.17) is 5.73 Å². The summed E-state index contributed by atoms with van der Waals surface area (Å²) in [4.78, 5) is 6.85. The Kier molecular flexibility index (Phi) is 3.35. The highest BCUT2D eigenvalue weighted by Gasteiger charge is 2.38. The lowest BCUT2D eigenvalue weighted by Crippen LogP contribution is -2.38. The van der Waals surface area contributed by atoms with Crippen molar-refractivity contribution in [3.8, 4) is 0 Å². The van der Waals surface area contributed by atoms with Gasteiger partial charge in [-0.3, -0.25) is 9.88 Å². The average molecular weight is 245 g/mol. The van der Waals surface area contributed by atoms with E-state index in [0.717, 1.165) is 18.4 Å². The third kappa shape index (κ3) is 2.43. The molecule has 0 aromatic carbocycles. The molecule has 1 saturated carbocycles. The number of rotatable bonds is 2. The molecule has 3 atom stereocenters. The van der Waals surface area contributed by atoms with Gasteiger partial charge >= 0.3 is 0 Å². The molecule has 1 aliphatic carbocycles. The summed E-state index contributed by atoms with van der Waals surface area (Å²) in [6.07, 6.45) is 7.84. The zero-order chi connectivity index (χ0) is 12.5. The molecule has 0 radical (unpaired) electrons. The van der Waals surface area contributed by atoms with Gasteiger partial charge in [0.05, 0.1) is 0 Å². The van der Waals surface area contributed by atoms with Crippen molar-refractivity contribution in [2.24, 2.45) is 17.6 Å². The number of aryl methyl sites for hydroxylation is 1. The van der Waals surface area contributed by atoms with Crippen molar-refractivity contribution in [2.75, 3.05) is 13.1 Å². The van der Waals surface area contributed by atoms with E-state index in [1.807, 2.05) is 12.4 Å². The maximum absolute atomic E-state index is 6.26. The van der Waals surface area contributed by atoms with Crippen molar-refractivity contribution in [3.05, 3.63) is 29.6 Å². The standard InChI is InChI=1S/C15H23N3/c1-11-5-12(7-17-6-11)8-18-9-13-3-2-4-15(16)14(13)10-18/h5-7,13-15H,2-4,8-10,16H2,1H3. The smallest absolute Gasteiger partial charge is 0.0313 e. The Morgan fingerprint density at radius 3 is 3.00 bits per heavy atom. The fourth-order valence-electron chi connectivity index (χ4n) is 3.70. The highest BCUT2D eigenvalue weighted by atomic mass is 15.2. The van der Waals surface area contributed by atoms with E-state index in [-0.39, 0.29) is 0 Å². The van der Waals surface area contributed by atoms with E-state index in [1.165, 1.54) is 43.5 Å². The van der Waals surface area contributed by atoms with Crippen molar-refractivity contribution in [2.45, 2.75) is 38.8 Å². The van der Waals surface area contributed by atoms with Crippen LogP contribution in [0.25, 0.3) is 0 Å². The molecule has 1 aliphatic heterocycles. The number of nitrogens with zero attached hydrogens (tertiary/aromatic N) is 2. The predicted molar refractivity (Wildman–Crippen MR) is 73.1 cm³/mol. The molecule has 0 bridgehead atoms. The SMILES string of the molecule is Cc1cncc(CN2CC3CCCC(N)C3C2)c1. The van der Waals surface area contributed by atoms with Crippen molar-refractivity contribution >= 4 is 0 Å². The Morgan fingerprint density at radius 2 is 2.22 bits per heavy atom. The van der Waals surface area contributed by atoms with Gasteiger partial charge in [-0.2, -0.15) is 0 Å². The van der Waals surface area contributed by atoms with Gasteiger partial charge in [0, 0.05) is 38.1 Å². The molecule has 1 aromatic rings. The van der Waals surface area contributed by atoms with Crippen molar-refractivity contribution < 1.29 is 0 Å². The predicted octanol–water partition coefficient (Wildman–Crippen LogP) is 1.95. The molecule has 3 nitrogen and oxygen atoms in total. The third-order valence-corrected chi connectivity index (χ3v) is 4.57. The molecule has 0 amide bonds. The van der Waals surface area contributed by atoms with E-state index in [1.54, 1.807) is 0 Å². The Bertz CT molecular complexity index is 418. The second-order valence-electron chi connectivity index (χ2n) is 6.08. The highest BCUT2D eigenvalue weighted by Crippen LogP contribution is 2.35. The Labute approximate surface area is 109 Å². The molecule has 3 rings (SSSR count). The summed E-state index contributed by atoms with van der Waals surface area (Å²) in [5.41, 5.74) is 8.85. The topological polar surface area (TPSA) is 42.2 Å². The van der Waals surface area contributed by atoms with Crippen LogP contribution in [0.2, 0.25) is 0 Å². The maximum Gasteiger partial charge on any atom is 0.0313 e. The minimum atomic E-state index is 0.435. The molecule has 2 aliphatic rings. The van der Waals surface area contributed by atoms with Crippen LogP contribution in [-0.2, 0) is 6.54 Å². The molecule has 3 unspecified atom stereocenters. The van der Waals surface area contributed by atoms with Gasteiger partial charge in [-0.1, -0.05) is 12.5 Å². The van der Waals surface area contributed by atoms with Gasteiger partial charge in [0.25, 0.3) is 0 Å². The molecule has 98 valence electrons. The lowest BCUT2D eigenvalue weighted by atomic mass is 9.78. The fourth-order valence-corrected chi connectivity index (χ4v) is 3.70. The molecule has 2 N–H and O–H groups in total. The van der Waals surface area contributed by atoms with E-state index in [2.05, 4.69) is 22.9 Å². The molecule has 1 saturated heterocycles. The van der Waals surface area contributed by atoms with Gasteiger partial charge in [0.15, 0.2) is 0 Å². The fraction of sp³-hybridized carbons (Fsp3) is 0.667. The van der Waals surface area contributed by atoms with Crippen LogP contribution in [0.15, 0.2) is 18.5 Å². The summed E-state index contributed by atoms with van der Waals surface area (Å²) in [5, 5.41) is 0. The molecule has 2 heterocycles. The molecule has 2 fully saturated rings. The summed E-state index contributed by atoms with van der Waals surface area (Å²) in [5.74, 6) is 1.57. The molecule has 18 heavy (non-hydrogen) atoms. The van der Waals surface area contributed by atoms with Crippen LogP contribution >= 0.6 is 0 Å².